The molecule has 2 aliphatic rings. The second kappa shape index (κ2) is 7.48. The molecule has 0 saturated carbocycles. The van der Waals surface area contributed by atoms with E-state index in [0.29, 0.717) is 17.7 Å². The zero-order valence-electron chi connectivity index (χ0n) is 18.9. The van der Waals surface area contributed by atoms with Crippen molar-refractivity contribution in [3.63, 3.8) is 0 Å². The number of aryl methyl sites for hydroxylation is 1. The number of fused-ring (bicyclic) bond motifs is 4. The molecule has 170 valence electrons. The Hall–Kier alpha value is -3.07. The van der Waals surface area contributed by atoms with Gasteiger partial charge in [-0.05, 0) is 21.2 Å². The SMILES string of the molecule is CC1C=C2C(c3cccc(CN=O)c3)c3nc4c(c(=O)n(C)c(=O)n4C)n3CC2(C)C=C1Br. The van der Waals surface area contributed by atoms with E-state index in [4.69, 9.17) is 4.98 Å². The minimum atomic E-state index is -0.405. The van der Waals surface area contributed by atoms with Gasteiger partial charge < -0.3 is 4.57 Å². The molecule has 3 atom stereocenters. The molecular weight excluding hydrogens is 486 g/mol. The number of hydrogen-bond donors (Lipinski definition) is 0. The third-order valence-corrected chi connectivity index (χ3v) is 7.90. The van der Waals surface area contributed by atoms with E-state index >= 15 is 0 Å². The van der Waals surface area contributed by atoms with Crippen LogP contribution in [0.25, 0.3) is 11.2 Å². The number of halogens is 1. The summed E-state index contributed by atoms with van der Waals surface area (Å²) in [6, 6.07) is 7.80. The molecule has 2 aromatic heterocycles. The van der Waals surface area contributed by atoms with Crippen LogP contribution < -0.4 is 11.2 Å². The Labute approximate surface area is 198 Å². The van der Waals surface area contributed by atoms with Gasteiger partial charge in [0.1, 0.15) is 12.4 Å². The highest BCUT2D eigenvalue weighted by Gasteiger charge is 2.44. The standard InChI is InChI=1S/C24H24BrN5O3/c1-13-8-16-18(15-7-5-6-14(9-15)11-26-33)20-27-21-19(22(31)29(4)23(32)28(21)3)30(20)12-24(16,2)10-17(13)25/h5-10,13,18H,11-12H2,1-4H3. The fourth-order valence-electron chi connectivity index (χ4n) is 5.21. The molecule has 0 spiro atoms. The van der Waals surface area contributed by atoms with Crippen molar-refractivity contribution in [2.45, 2.75) is 32.9 Å². The lowest BCUT2D eigenvalue weighted by Crippen LogP contribution is -2.40. The molecule has 9 heteroatoms. The molecule has 1 aliphatic heterocycles. The highest BCUT2D eigenvalue weighted by atomic mass is 79.9. The van der Waals surface area contributed by atoms with Crippen LogP contribution in [0.5, 0.6) is 0 Å². The highest BCUT2D eigenvalue weighted by Crippen LogP contribution is 2.52. The number of aromatic nitrogens is 4. The van der Waals surface area contributed by atoms with Crippen molar-refractivity contribution in [3.05, 3.63) is 89.2 Å². The zero-order valence-corrected chi connectivity index (χ0v) is 20.5. The lowest BCUT2D eigenvalue weighted by atomic mass is 9.67. The van der Waals surface area contributed by atoms with Crippen LogP contribution in [-0.4, -0.2) is 18.7 Å². The first-order valence-electron chi connectivity index (χ1n) is 10.8. The van der Waals surface area contributed by atoms with E-state index < -0.39 is 5.69 Å². The first kappa shape index (κ1) is 21.8. The van der Waals surface area contributed by atoms with Crippen LogP contribution in [0.15, 0.2) is 61.2 Å². The Morgan fingerprint density at radius 1 is 1.24 bits per heavy atom. The Balaban J connectivity index is 1.88. The topological polar surface area (TPSA) is 91.2 Å². The van der Waals surface area contributed by atoms with Crippen LogP contribution in [0.4, 0.5) is 0 Å². The summed E-state index contributed by atoms with van der Waals surface area (Å²) >= 11 is 3.72. The van der Waals surface area contributed by atoms with Crippen LogP contribution in [0.2, 0.25) is 0 Å². The minimum Gasteiger partial charge on any atom is -0.320 e. The highest BCUT2D eigenvalue weighted by molar-refractivity contribution is 9.11. The molecule has 0 N–H and O–H groups in total. The van der Waals surface area contributed by atoms with Gasteiger partial charge in [0.2, 0.25) is 0 Å². The average molecular weight is 510 g/mol. The second-order valence-corrected chi connectivity index (χ2v) is 10.2. The summed E-state index contributed by atoms with van der Waals surface area (Å²) in [6.07, 6.45) is 4.48. The average Bonchev–Trinajstić information content (AvgIpc) is 3.14. The van der Waals surface area contributed by atoms with E-state index in [2.05, 4.69) is 47.1 Å². The van der Waals surface area contributed by atoms with Crippen molar-refractivity contribution >= 4 is 27.1 Å². The van der Waals surface area contributed by atoms with Gasteiger partial charge in [0.15, 0.2) is 11.2 Å². The van der Waals surface area contributed by atoms with Crippen molar-refractivity contribution in [2.75, 3.05) is 0 Å². The van der Waals surface area contributed by atoms with Gasteiger partial charge in [0, 0.05) is 32.0 Å². The molecule has 0 amide bonds. The molecule has 3 aromatic rings. The summed E-state index contributed by atoms with van der Waals surface area (Å²) in [5, 5.41) is 3.05. The maximum atomic E-state index is 13.2. The molecular formula is C24H24BrN5O3. The largest absolute Gasteiger partial charge is 0.332 e. The Morgan fingerprint density at radius 3 is 2.73 bits per heavy atom. The number of rotatable bonds is 3. The smallest absolute Gasteiger partial charge is 0.320 e. The molecule has 33 heavy (non-hydrogen) atoms. The van der Waals surface area contributed by atoms with Gasteiger partial charge in [-0.1, -0.05) is 71.4 Å². The summed E-state index contributed by atoms with van der Waals surface area (Å²) in [5.74, 6) is 0.687. The molecule has 0 bridgehead atoms. The van der Waals surface area contributed by atoms with Gasteiger partial charge in [0.05, 0.1) is 5.92 Å². The first-order chi connectivity index (χ1) is 15.7. The van der Waals surface area contributed by atoms with Crippen molar-refractivity contribution in [1.29, 1.82) is 0 Å². The molecule has 1 aromatic carbocycles. The molecule has 3 unspecified atom stereocenters. The van der Waals surface area contributed by atoms with Gasteiger partial charge in [-0.3, -0.25) is 13.9 Å². The van der Waals surface area contributed by atoms with E-state index in [9.17, 15) is 14.5 Å². The van der Waals surface area contributed by atoms with E-state index in [0.717, 1.165) is 26.0 Å². The molecule has 3 heterocycles. The van der Waals surface area contributed by atoms with Crippen molar-refractivity contribution in [3.8, 4) is 0 Å². The normalized spacial score (nSPS) is 24.2. The van der Waals surface area contributed by atoms with E-state index in [1.165, 1.54) is 17.2 Å². The van der Waals surface area contributed by atoms with Crippen LogP contribution in [0.1, 0.15) is 36.7 Å². The quantitative estimate of drug-likeness (QED) is 0.397. The lowest BCUT2D eigenvalue weighted by Gasteiger charge is -2.43. The van der Waals surface area contributed by atoms with E-state index in [1.807, 2.05) is 28.8 Å². The van der Waals surface area contributed by atoms with Crippen LogP contribution in [-0.2, 0) is 27.2 Å². The summed E-state index contributed by atoms with van der Waals surface area (Å²) < 4.78 is 5.63. The first-order valence-corrected chi connectivity index (χ1v) is 11.6. The van der Waals surface area contributed by atoms with E-state index in [1.54, 1.807) is 7.05 Å². The summed E-state index contributed by atoms with van der Waals surface area (Å²) in [5.41, 5.74) is 2.67. The number of benzene rings is 1. The minimum absolute atomic E-state index is 0.0875. The number of hydrogen-bond acceptors (Lipinski definition) is 5. The predicted octanol–water partition coefficient (Wildman–Crippen LogP) is 3.71. The number of imidazole rings is 1. The molecule has 8 nitrogen and oxygen atoms in total. The summed E-state index contributed by atoms with van der Waals surface area (Å²) in [6.45, 7) is 4.92. The summed E-state index contributed by atoms with van der Waals surface area (Å²) in [7, 11) is 3.13. The monoisotopic (exact) mass is 509 g/mol. The van der Waals surface area contributed by atoms with Crippen molar-refractivity contribution in [1.82, 2.24) is 18.7 Å². The number of nitroso groups, excluding NO2 is 1. The predicted molar refractivity (Wildman–Crippen MR) is 130 cm³/mol. The van der Waals surface area contributed by atoms with Gasteiger partial charge in [-0.25, -0.2) is 9.78 Å². The lowest BCUT2D eigenvalue weighted by molar-refractivity contribution is 0.355. The molecule has 0 radical (unpaired) electrons. The van der Waals surface area contributed by atoms with Gasteiger partial charge in [0.25, 0.3) is 5.56 Å². The van der Waals surface area contributed by atoms with Gasteiger partial charge >= 0.3 is 5.69 Å². The third-order valence-electron chi connectivity index (χ3n) is 6.95. The molecule has 0 saturated heterocycles. The fourth-order valence-corrected chi connectivity index (χ4v) is 5.84. The van der Waals surface area contributed by atoms with Crippen molar-refractivity contribution < 1.29 is 0 Å². The van der Waals surface area contributed by atoms with Gasteiger partial charge in [-0.2, -0.15) is 4.91 Å². The maximum absolute atomic E-state index is 13.2. The van der Waals surface area contributed by atoms with Gasteiger partial charge in [-0.15, -0.1) is 0 Å². The Bertz CT molecular complexity index is 1510. The number of nitrogens with zero attached hydrogens (tertiary/aromatic N) is 5. The summed E-state index contributed by atoms with van der Waals surface area (Å²) in [4.78, 5) is 41.6. The van der Waals surface area contributed by atoms with Crippen LogP contribution in [0.3, 0.4) is 0 Å². The third kappa shape index (κ3) is 3.13. The van der Waals surface area contributed by atoms with E-state index in [-0.39, 0.29) is 29.4 Å². The maximum Gasteiger partial charge on any atom is 0.332 e. The fraction of sp³-hybridized carbons (Fsp3) is 0.375. The number of allylic oxidation sites excluding steroid dienone is 4. The van der Waals surface area contributed by atoms with Crippen molar-refractivity contribution in [2.24, 2.45) is 30.6 Å². The zero-order chi connectivity index (χ0) is 23.7. The van der Waals surface area contributed by atoms with Crippen LogP contribution >= 0.6 is 15.9 Å². The molecule has 5 rings (SSSR count). The van der Waals surface area contributed by atoms with Crippen LogP contribution in [0, 0.1) is 16.2 Å². The Morgan fingerprint density at radius 2 is 2.00 bits per heavy atom. The Kier molecular flexibility index (Phi) is 4.93. The molecule has 0 fully saturated rings. The molecule has 1 aliphatic carbocycles. The second-order valence-electron chi connectivity index (χ2n) is 9.26.